The van der Waals surface area contributed by atoms with E-state index in [0.717, 1.165) is 21.9 Å². The van der Waals surface area contributed by atoms with E-state index < -0.39 is 5.91 Å². The quantitative estimate of drug-likeness (QED) is 0.818. The molecule has 1 amide bonds. The Labute approximate surface area is 127 Å². The van der Waals surface area contributed by atoms with E-state index >= 15 is 0 Å². The zero-order chi connectivity index (χ0) is 15.2. The summed E-state index contributed by atoms with van der Waals surface area (Å²) in [4.78, 5) is 14.2. The summed E-state index contributed by atoms with van der Waals surface area (Å²) in [5, 5.41) is 10.2. The molecule has 0 atom stereocenters. The molecule has 2 rings (SSSR count). The summed E-state index contributed by atoms with van der Waals surface area (Å²) in [6, 6.07) is 11.3. The van der Waals surface area contributed by atoms with Crippen LogP contribution in [0.3, 0.4) is 0 Å². The highest BCUT2D eigenvalue weighted by Crippen LogP contribution is 2.32. The van der Waals surface area contributed by atoms with Gasteiger partial charge >= 0.3 is 5.91 Å². The molecule has 2 aromatic rings. The van der Waals surface area contributed by atoms with Crippen LogP contribution in [-0.2, 0) is 4.79 Å². The number of hydrogen-bond donors (Lipinski definition) is 0. The van der Waals surface area contributed by atoms with E-state index in [1.54, 1.807) is 20.2 Å². The van der Waals surface area contributed by atoms with Crippen molar-refractivity contribution in [3.05, 3.63) is 35.7 Å². The third-order valence-electron chi connectivity index (χ3n) is 2.88. The number of nitriles is 1. The third-order valence-corrected chi connectivity index (χ3v) is 3.84. The number of ether oxygens (including phenoxy) is 1. The van der Waals surface area contributed by atoms with Crippen LogP contribution in [0, 0.1) is 23.2 Å². The number of thiophene rings is 1. The first kappa shape index (κ1) is 14.6. The molecule has 0 aliphatic carbocycles. The number of carbonyl (C=O) groups excluding carboxylic acids is 1. The van der Waals surface area contributed by atoms with Crippen LogP contribution in [0.15, 0.2) is 35.7 Å². The van der Waals surface area contributed by atoms with Gasteiger partial charge < -0.3 is 9.64 Å². The number of rotatable bonds is 3. The molecule has 0 unspecified atom stereocenters. The van der Waals surface area contributed by atoms with Crippen LogP contribution in [0.1, 0.15) is 0 Å². The SMILES string of the molecule is COc1ccc(-c2cc(N(C)C(=O)C#CC#N)cs2)cc1. The topological polar surface area (TPSA) is 53.3 Å². The molecule has 1 heterocycles. The van der Waals surface area contributed by atoms with E-state index in [1.165, 1.54) is 16.2 Å². The van der Waals surface area contributed by atoms with Gasteiger partial charge in [0.1, 0.15) is 5.75 Å². The van der Waals surface area contributed by atoms with E-state index in [4.69, 9.17) is 10.00 Å². The van der Waals surface area contributed by atoms with Crippen molar-refractivity contribution < 1.29 is 9.53 Å². The number of amides is 1. The van der Waals surface area contributed by atoms with Crippen molar-refractivity contribution in [2.75, 3.05) is 19.1 Å². The molecule has 0 aliphatic rings. The smallest absolute Gasteiger partial charge is 0.303 e. The summed E-state index contributed by atoms with van der Waals surface area (Å²) in [5.41, 5.74) is 1.80. The standard InChI is InChI=1S/C16H12N2O2S/c1-18(16(19)4-3-9-17)13-10-15(21-11-13)12-5-7-14(20-2)8-6-12/h5-8,10-11H,1-2H3. The van der Waals surface area contributed by atoms with E-state index in [9.17, 15) is 4.79 Å². The molecule has 0 radical (unpaired) electrons. The first-order valence-electron chi connectivity index (χ1n) is 6.06. The van der Waals surface area contributed by atoms with Gasteiger partial charge in [0.2, 0.25) is 0 Å². The molecule has 0 saturated heterocycles. The van der Waals surface area contributed by atoms with Gasteiger partial charge in [-0.15, -0.1) is 11.3 Å². The molecule has 0 aliphatic heterocycles. The highest BCUT2D eigenvalue weighted by atomic mass is 32.1. The highest BCUT2D eigenvalue weighted by molar-refractivity contribution is 7.14. The second-order valence-electron chi connectivity index (χ2n) is 4.12. The van der Waals surface area contributed by atoms with Crippen LogP contribution in [0.5, 0.6) is 5.75 Å². The van der Waals surface area contributed by atoms with Gasteiger partial charge in [-0.1, -0.05) is 0 Å². The van der Waals surface area contributed by atoms with Crippen molar-refractivity contribution in [3.63, 3.8) is 0 Å². The van der Waals surface area contributed by atoms with Crippen molar-refractivity contribution in [2.45, 2.75) is 0 Å². The van der Waals surface area contributed by atoms with Gasteiger partial charge in [-0.25, -0.2) is 0 Å². The lowest BCUT2D eigenvalue weighted by atomic mass is 10.2. The number of methoxy groups -OCH3 is 1. The fourth-order valence-electron chi connectivity index (χ4n) is 1.69. The van der Waals surface area contributed by atoms with Crippen molar-refractivity contribution in [2.24, 2.45) is 0 Å². The van der Waals surface area contributed by atoms with E-state index in [1.807, 2.05) is 35.7 Å². The van der Waals surface area contributed by atoms with E-state index in [0.29, 0.717) is 0 Å². The Kier molecular flexibility index (Phi) is 4.61. The summed E-state index contributed by atoms with van der Waals surface area (Å²) in [6.07, 6.45) is 0. The van der Waals surface area contributed by atoms with Gasteiger partial charge in [0.15, 0.2) is 6.07 Å². The Morgan fingerprint density at radius 2 is 2.05 bits per heavy atom. The lowest BCUT2D eigenvalue weighted by Gasteiger charge is -2.10. The van der Waals surface area contributed by atoms with Crippen molar-refractivity contribution in [1.82, 2.24) is 0 Å². The summed E-state index contributed by atoms with van der Waals surface area (Å²) in [5.74, 6) is 4.76. The van der Waals surface area contributed by atoms with Gasteiger partial charge in [-0.3, -0.25) is 4.79 Å². The minimum atomic E-state index is -0.407. The Morgan fingerprint density at radius 1 is 1.33 bits per heavy atom. The molecule has 5 heteroatoms. The predicted octanol–water partition coefficient (Wildman–Crippen LogP) is 2.91. The molecule has 0 bridgehead atoms. The lowest BCUT2D eigenvalue weighted by molar-refractivity contribution is -0.113. The van der Waals surface area contributed by atoms with Crippen LogP contribution in [-0.4, -0.2) is 20.1 Å². The lowest BCUT2D eigenvalue weighted by Crippen LogP contribution is -2.23. The third kappa shape index (κ3) is 3.42. The summed E-state index contributed by atoms with van der Waals surface area (Å²) >= 11 is 1.54. The summed E-state index contributed by atoms with van der Waals surface area (Å²) < 4.78 is 5.13. The van der Waals surface area contributed by atoms with Crippen molar-refractivity contribution >= 4 is 22.9 Å². The second-order valence-corrected chi connectivity index (χ2v) is 5.03. The fourth-order valence-corrected chi connectivity index (χ4v) is 2.63. The van der Waals surface area contributed by atoms with Gasteiger partial charge in [-0.2, -0.15) is 5.26 Å². The van der Waals surface area contributed by atoms with Gasteiger partial charge in [-0.05, 0) is 35.9 Å². The molecule has 104 valence electrons. The number of anilines is 1. The molecule has 0 N–H and O–H groups in total. The number of benzene rings is 1. The molecule has 1 aromatic carbocycles. The van der Waals surface area contributed by atoms with E-state index in [2.05, 4.69) is 11.8 Å². The number of carbonyl (C=O) groups is 1. The maximum absolute atomic E-state index is 11.7. The number of hydrogen-bond acceptors (Lipinski definition) is 4. The zero-order valence-electron chi connectivity index (χ0n) is 11.6. The molecular weight excluding hydrogens is 284 g/mol. The van der Waals surface area contributed by atoms with Crippen LogP contribution < -0.4 is 9.64 Å². The molecule has 0 spiro atoms. The van der Waals surface area contributed by atoms with E-state index in [-0.39, 0.29) is 0 Å². The van der Waals surface area contributed by atoms with Crippen molar-refractivity contribution in [3.8, 4) is 34.1 Å². The minimum absolute atomic E-state index is 0.407. The van der Waals surface area contributed by atoms with Crippen LogP contribution in [0.2, 0.25) is 0 Å². The Balaban J connectivity index is 2.21. The number of nitrogens with zero attached hydrogens (tertiary/aromatic N) is 2. The average molecular weight is 296 g/mol. The first-order valence-corrected chi connectivity index (χ1v) is 6.94. The van der Waals surface area contributed by atoms with Crippen LogP contribution in [0.4, 0.5) is 5.69 Å². The maximum atomic E-state index is 11.7. The van der Waals surface area contributed by atoms with Crippen LogP contribution >= 0.6 is 11.3 Å². The van der Waals surface area contributed by atoms with Crippen LogP contribution in [0.25, 0.3) is 10.4 Å². The minimum Gasteiger partial charge on any atom is -0.497 e. The average Bonchev–Trinajstić information content (AvgIpc) is 3.01. The second kappa shape index (κ2) is 6.60. The van der Waals surface area contributed by atoms with Gasteiger partial charge in [0.05, 0.1) is 12.8 Å². The first-order chi connectivity index (χ1) is 10.2. The normalized spacial score (nSPS) is 9.19. The fraction of sp³-hybridized carbons (Fsp3) is 0.125. The Morgan fingerprint density at radius 3 is 2.67 bits per heavy atom. The molecule has 21 heavy (non-hydrogen) atoms. The molecule has 0 saturated carbocycles. The zero-order valence-corrected chi connectivity index (χ0v) is 12.4. The Hall–Kier alpha value is -2.76. The highest BCUT2D eigenvalue weighted by Gasteiger charge is 2.11. The predicted molar refractivity (Wildman–Crippen MR) is 83.1 cm³/mol. The maximum Gasteiger partial charge on any atom is 0.303 e. The molecule has 1 aromatic heterocycles. The largest absolute Gasteiger partial charge is 0.497 e. The van der Waals surface area contributed by atoms with Gasteiger partial charge in [0.25, 0.3) is 0 Å². The summed E-state index contributed by atoms with van der Waals surface area (Å²) in [7, 11) is 3.26. The molecular formula is C16H12N2O2S. The molecule has 0 fully saturated rings. The summed E-state index contributed by atoms with van der Waals surface area (Å²) in [6.45, 7) is 0. The Bertz CT molecular complexity index is 745. The monoisotopic (exact) mass is 296 g/mol. The molecule has 4 nitrogen and oxygen atoms in total. The van der Waals surface area contributed by atoms with Gasteiger partial charge in [0, 0.05) is 29.1 Å². The van der Waals surface area contributed by atoms with Crippen molar-refractivity contribution in [1.29, 1.82) is 5.26 Å².